The first-order chi connectivity index (χ1) is 10.7. The van der Waals surface area contributed by atoms with Gasteiger partial charge in [-0.3, -0.25) is 0 Å². The third-order valence-corrected chi connectivity index (χ3v) is 4.88. The molecular formula is C18H20O4S. The van der Waals surface area contributed by atoms with Gasteiger partial charge in [-0.1, -0.05) is 18.2 Å². The van der Waals surface area contributed by atoms with Crippen molar-refractivity contribution in [3.63, 3.8) is 0 Å². The summed E-state index contributed by atoms with van der Waals surface area (Å²) in [5.74, 6) is -0.472. The van der Waals surface area contributed by atoms with Crippen LogP contribution in [0.15, 0.2) is 47.4 Å². The van der Waals surface area contributed by atoms with Gasteiger partial charge in [0, 0.05) is 6.26 Å². The van der Waals surface area contributed by atoms with Crippen molar-refractivity contribution in [3.05, 3.63) is 64.7 Å². The fourth-order valence-corrected chi connectivity index (χ4v) is 3.22. The maximum absolute atomic E-state index is 12.2. The van der Waals surface area contributed by atoms with E-state index in [4.69, 9.17) is 4.74 Å². The summed E-state index contributed by atoms with van der Waals surface area (Å²) in [4.78, 5) is 12.4. The lowest BCUT2D eigenvalue weighted by molar-refractivity contribution is 0.0335. The Morgan fingerprint density at radius 3 is 2.00 bits per heavy atom. The first kappa shape index (κ1) is 17.2. The molecule has 0 saturated heterocycles. The molecule has 0 aliphatic carbocycles. The van der Waals surface area contributed by atoms with E-state index in [1.54, 1.807) is 0 Å². The Balaban J connectivity index is 2.19. The molecule has 2 rings (SSSR count). The summed E-state index contributed by atoms with van der Waals surface area (Å²) in [5, 5.41) is 0. The van der Waals surface area contributed by atoms with E-state index in [0.29, 0.717) is 5.56 Å². The molecule has 0 amide bonds. The Morgan fingerprint density at radius 2 is 1.52 bits per heavy atom. The zero-order valence-corrected chi connectivity index (χ0v) is 14.5. The Kier molecular flexibility index (Phi) is 4.90. The van der Waals surface area contributed by atoms with Gasteiger partial charge >= 0.3 is 5.97 Å². The molecule has 1 atom stereocenters. The van der Waals surface area contributed by atoms with Gasteiger partial charge in [-0.25, -0.2) is 13.2 Å². The molecular weight excluding hydrogens is 312 g/mol. The number of benzene rings is 2. The SMILES string of the molecule is Cc1cccc(C)c1C(C)OC(=O)c1ccc(S(C)(=O)=O)cc1. The fourth-order valence-electron chi connectivity index (χ4n) is 2.59. The molecule has 5 heteroatoms. The van der Waals surface area contributed by atoms with Crippen LogP contribution in [0.1, 0.15) is 40.1 Å². The van der Waals surface area contributed by atoms with Crippen LogP contribution in [0.5, 0.6) is 0 Å². The number of hydrogen-bond acceptors (Lipinski definition) is 4. The van der Waals surface area contributed by atoms with E-state index in [1.165, 1.54) is 24.3 Å². The standard InChI is InChI=1S/C18H20O4S/c1-12-6-5-7-13(2)17(12)14(3)22-18(19)15-8-10-16(11-9-15)23(4,20)21/h5-11,14H,1-4H3. The Labute approximate surface area is 137 Å². The van der Waals surface area contributed by atoms with Crippen molar-refractivity contribution in [1.82, 2.24) is 0 Å². The van der Waals surface area contributed by atoms with Crippen LogP contribution < -0.4 is 0 Å². The summed E-state index contributed by atoms with van der Waals surface area (Å²) in [5.41, 5.74) is 3.46. The number of carbonyl (C=O) groups excluding carboxylic acids is 1. The van der Waals surface area contributed by atoms with Gasteiger partial charge in [0.05, 0.1) is 10.5 Å². The van der Waals surface area contributed by atoms with E-state index in [0.717, 1.165) is 22.9 Å². The average Bonchev–Trinajstić information content (AvgIpc) is 2.46. The smallest absolute Gasteiger partial charge is 0.338 e. The molecule has 0 aromatic heterocycles. The minimum Gasteiger partial charge on any atom is -0.454 e. The van der Waals surface area contributed by atoms with Gasteiger partial charge in [0.1, 0.15) is 6.10 Å². The molecule has 0 spiro atoms. The van der Waals surface area contributed by atoms with E-state index in [2.05, 4.69) is 0 Å². The second-order valence-corrected chi connectivity index (χ2v) is 7.67. The largest absolute Gasteiger partial charge is 0.454 e. The highest BCUT2D eigenvalue weighted by molar-refractivity contribution is 7.90. The number of carbonyl (C=O) groups is 1. The Bertz CT molecular complexity index is 800. The number of esters is 1. The molecule has 1 unspecified atom stereocenters. The van der Waals surface area contributed by atoms with E-state index in [-0.39, 0.29) is 11.0 Å². The number of ether oxygens (including phenoxy) is 1. The molecule has 0 N–H and O–H groups in total. The van der Waals surface area contributed by atoms with Crippen LogP contribution in [0.4, 0.5) is 0 Å². The van der Waals surface area contributed by atoms with Crippen LogP contribution in [-0.4, -0.2) is 20.6 Å². The van der Waals surface area contributed by atoms with Crippen molar-refractivity contribution < 1.29 is 17.9 Å². The summed E-state index contributed by atoms with van der Waals surface area (Å²) in [6.07, 6.45) is 0.752. The highest BCUT2D eigenvalue weighted by atomic mass is 32.2. The van der Waals surface area contributed by atoms with E-state index >= 15 is 0 Å². The van der Waals surface area contributed by atoms with Gasteiger partial charge in [0.15, 0.2) is 9.84 Å². The summed E-state index contributed by atoms with van der Waals surface area (Å²) >= 11 is 0. The summed E-state index contributed by atoms with van der Waals surface area (Å²) in [6.45, 7) is 5.79. The highest BCUT2D eigenvalue weighted by Crippen LogP contribution is 2.25. The zero-order chi connectivity index (χ0) is 17.2. The summed E-state index contributed by atoms with van der Waals surface area (Å²) < 4.78 is 28.4. The maximum Gasteiger partial charge on any atom is 0.338 e. The van der Waals surface area contributed by atoms with Crippen molar-refractivity contribution in [3.8, 4) is 0 Å². The summed E-state index contributed by atoms with van der Waals surface area (Å²) in [6, 6.07) is 11.7. The van der Waals surface area contributed by atoms with Gasteiger partial charge < -0.3 is 4.74 Å². The zero-order valence-electron chi connectivity index (χ0n) is 13.7. The molecule has 4 nitrogen and oxygen atoms in total. The fraction of sp³-hybridized carbons (Fsp3) is 0.278. The molecule has 0 bridgehead atoms. The third-order valence-electron chi connectivity index (χ3n) is 3.75. The molecule has 0 aliphatic rings. The molecule has 0 fully saturated rings. The number of sulfone groups is 1. The lowest BCUT2D eigenvalue weighted by Gasteiger charge is -2.18. The van der Waals surface area contributed by atoms with Gasteiger partial charge in [0.25, 0.3) is 0 Å². The minimum atomic E-state index is -3.27. The van der Waals surface area contributed by atoms with Crippen molar-refractivity contribution in [1.29, 1.82) is 0 Å². The molecule has 23 heavy (non-hydrogen) atoms. The lowest BCUT2D eigenvalue weighted by atomic mass is 9.99. The third kappa shape index (κ3) is 3.99. The predicted molar refractivity (Wildman–Crippen MR) is 89.3 cm³/mol. The van der Waals surface area contributed by atoms with Crippen molar-refractivity contribution >= 4 is 15.8 Å². The van der Waals surface area contributed by atoms with Crippen LogP contribution in [0.25, 0.3) is 0 Å². The second kappa shape index (κ2) is 6.54. The van der Waals surface area contributed by atoms with E-state index in [1.807, 2.05) is 39.0 Å². The molecule has 0 saturated carbocycles. The van der Waals surface area contributed by atoms with Crippen molar-refractivity contribution in [2.24, 2.45) is 0 Å². The predicted octanol–water partition coefficient (Wildman–Crippen LogP) is 3.62. The number of hydrogen-bond donors (Lipinski definition) is 0. The van der Waals surface area contributed by atoms with Crippen LogP contribution >= 0.6 is 0 Å². The van der Waals surface area contributed by atoms with Crippen molar-refractivity contribution in [2.75, 3.05) is 6.26 Å². The number of rotatable bonds is 4. The minimum absolute atomic E-state index is 0.178. The molecule has 0 radical (unpaired) electrons. The molecule has 2 aromatic rings. The Hall–Kier alpha value is -2.14. The van der Waals surface area contributed by atoms with Gasteiger partial charge in [0.2, 0.25) is 0 Å². The lowest BCUT2D eigenvalue weighted by Crippen LogP contribution is -2.11. The second-order valence-electron chi connectivity index (χ2n) is 5.65. The van der Waals surface area contributed by atoms with Gasteiger partial charge in [-0.2, -0.15) is 0 Å². The average molecular weight is 332 g/mol. The summed E-state index contributed by atoms with van der Waals surface area (Å²) in [7, 11) is -3.27. The number of aryl methyl sites for hydroxylation is 2. The van der Waals surface area contributed by atoms with Crippen LogP contribution in [0, 0.1) is 13.8 Å². The topological polar surface area (TPSA) is 60.4 Å². The van der Waals surface area contributed by atoms with Crippen molar-refractivity contribution in [2.45, 2.75) is 31.8 Å². The van der Waals surface area contributed by atoms with Gasteiger partial charge in [-0.15, -0.1) is 0 Å². The molecule has 0 aliphatic heterocycles. The van der Waals surface area contributed by atoms with E-state index < -0.39 is 15.8 Å². The first-order valence-corrected chi connectivity index (χ1v) is 9.16. The van der Waals surface area contributed by atoms with Gasteiger partial charge in [-0.05, 0) is 61.7 Å². The Morgan fingerprint density at radius 1 is 1.00 bits per heavy atom. The molecule has 2 aromatic carbocycles. The first-order valence-electron chi connectivity index (χ1n) is 7.27. The quantitative estimate of drug-likeness (QED) is 0.802. The van der Waals surface area contributed by atoms with Crippen LogP contribution in [0.2, 0.25) is 0 Å². The molecule has 0 heterocycles. The van der Waals surface area contributed by atoms with Crippen LogP contribution in [-0.2, 0) is 14.6 Å². The van der Waals surface area contributed by atoms with Crippen LogP contribution in [0.3, 0.4) is 0 Å². The highest BCUT2D eigenvalue weighted by Gasteiger charge is 2.17. The monoisotopic (exact) mass is 332 g/mol. The molecule has 122 valence electrons. The normalized spacial score (nSPS) is 12.7. The maximum atomic E-state index is 12.2. The van der Waals surface area contributed by atoms with E-state index in [9.17, 15) is 13.2 Å².